The molecule has 0 radical (unpaired) electrons. The first-order valence-electron chi connectivity index (χ1n) is 8.48. The van der Waals surface area contributed by atoms with Gasteiger partial charge in [0.15, 0.2) is 0 Å². The van der Waals surface area contributed by atoms with Crippen LogP contribution >= 0.6 is 27.5 Å². The van der Waals surface area contributed by atoms with Crippen LogP contribution in [0, 0.1) is 5.92 Å². The highest BCUT2D eigenvalue weighted by molar-refractivity contribution is 9.10. The molecule has 1 amide bonds. The lowest BCUT2D eigenvalue weighted by Gasteiger charge is -2.20. The number of hydrogen-bond acceptors (Lipinski definition) is 3. The standard InChI is InChI=1S/C19H20BrClN2O3S/c1-23(2)27(25,26)15-9-10-17(20)16(11-15)19(24)22-18(12-3-4-12)13-5-7-14(21)8-6-13/h5-12,18H,3-4H2,1-2H3,(H,22,24)/t18-/m0/s1. The summed E-state index contributed by atoms with van der Waals surface area (Å²) >= 11 is 9.32. The summed E-state index contributed by atoms with van der Waals surface area (Å²) in [4.78, 5) is 13.0. The van der Waals surface area contributed by atoms with Crippen LogP contribution in [0.1, 0.15) is 34.8 Å². The van der Waals surface area contributed by atoms with Crippen molar-refractivity contribution in [2.45, 2.75) is 23.8 Å². The number of halogens is 2. The molecule has 1 N–H and O–H groups in total. The molecule has 1 fully saturated rings. The van der Waals surface area contributed by atoms with E-state index in [1.54, 1.807) is 18.2 Å². The summed E-state index contributed by atoms with van der Waals surface area (Å²) in [6.07, 6.45) is 2.09. The van der Waals surface area contributed by atoms with Crippen molar-refractivity contribution < 1.29 is 13.2 Å². The number of nitrogens with zero attached hydrogens (tertiary/aromatic N) is 1. The molecule has 144 valence electrons. The molecule has 0 spiro atoms. The predicted octanol–water partition coefficient (Wildman–Crippen LogP) is 4.23. The average Bonchev–Trinajstić information content (AvgIpc) is 3.45. The number of amides is 1. The van der Waals surface area contributed by atoms with Crippen molar-refractivity contribution in [1.82, 2.24) is 9.62 Å². The Morgan fingerprint density at radius 3 is 2.37 bits per heavy atom. The van der Waals surface area contributed by atoms with Gasteiger partial charge in [0, 0.05) is 23.6 Å². The van der Waals surface area contributed by atoms with Crippen LogP contribution in [-0.4, -0.2) is 32.7 Å². The summed E-state index contributed by atoms with van der Waals surface area (Å²) in [5.41, 5.74) is 1.28. The highest BCUT2D eigenvalue weighted by Gasteiger charge is 2.34. The fourth-order valence-electron chi connectivity index (χ4n) is 2.84. The Morgan fingerprint density at radius 1 is 1.19 bits per heavy atom. The Kier molecular flexibility index (Phi) is 5.96. The molecular weight excluding hydrogens is 452 g/mol. The topological polar surface area (TPSA) is 66.5 Å². The summed E-state index contributed by atoms with van der Waals surface area (Å²) in [5, 5.41) is 3.70. The number of hydrogen-bond donors (Lipinski definition) is 1. The maximum atomic E-state index is 12.9. The van der Waals surface area contributed by atoms with E-state index in [1.807, 2.05) is 12.1 Å². The first kappa shape index (κ1) is 20.3. The third kappa shape index (κ3) is 4.54. The highest BCUT2D eigenvalue weighted by atomic mass is 79.9. The molecule has 0 aromatic heterocycles. The number of benzene rings is 2. The van der Waals surface area contributed by atoms with Crippen molar-refractivity contribution in [3.8, 4) is 0 Å². The number of sulfonamides is 1. The Balaban J connectivity index is 1.89. The largest absolute Gasteiger partial charge is 0.345 e. The number of nitrogens with one attached hydrogen (secondary N) is 1. The van der Waals surface area contributed by atoms with Gasteiger partial charge in [-0.2, -0.15) is 0 Å². The SMILES string of the molecule is CN(C)S(=O)(=O)c1ccc(Br)c(C(=O)N[C@H](c2ccc(Cl)cc2)C2CC2)c1. The van der Waals surface area contributed by atoms with E-state index in [2.05, 4.69) is 21.2 Å². The van der Waals surface area contributed by atoms with E-state index in [9.17, 15) is 13.2 Å². The van der Waals surface area contributed by atoms with Gasteiger partial charge in [-0.25, -0.2) is 12.7 Å². The number of carbonyl (C=O) groups is 1. The van der Waals surface area contributed by atoms with Crippen molar-refractivity contribution in [1.29, 1.82) is 0 Å². The van der Waals surface area contributed by atoms with Gasteiger partial charge in [0.05, 0.1) is 16.5 Å². The molecule has 0 aliphatic heterocycles. The lowest BCUT2D eigenvalue weighted by molar-refractivity contribution is 0.0930. The number of carbonyl (C=O) groups excluding carboxylic acids is 1. The van der Waals surface area contributed by atoms with Gasteiger partial charge in [-0.05, 0) is 70.6 Å². The quantitative estimate of drug-likeness (QED) is 0.685. The molecule has 1 aliphatic carbocycles. The molecule has 5 nitrogen and oxygen atoms in total. The molecule has 1 aliphatic rings. The average molecular weight is 472 g/mol. The first-order valence-corrected chi connectivity index (χ1v) is 11.1. The molecule has 0 bridgehead atoms. The van der Waals surface area contributed by atoms with E-state index in [-0.39, 0.29) is 22.4 Å². The second kappa shape index (κ2) is 7.91. The monoisotopic (exact) mass is 470 g/mol. The summed E-state index contributed by atoms with van der Waals surface area (Å²) in [5.74, 6) is 0.0622. The van der Waals surface area contributed by atoms with Crippen LogP contribution < -0.4 is 5.32 Å². The van der Waals surface area contributed by atoms with Crippen molar-refractivity contribution in [3.63, 3.8) is 0 Å². The van der Waals surface area contributed by atoms with Crippen molar-refractivity contribution in [2.24, 2.45) is 5.92 Å². The zero-order valence-electron chi connectivity index (χ0n) is 14.9. The molecule has 1 saturated carbocycles. The molecular formula is C19H20BrClN2O3S. The number of rotatable bonds is 6. The van der Waals surface area contributed by atoms with Gasteiger partial charge in [-0.15, -0.1) is 0 Å². The van der Waals surface area contributed by atoms with E-state index >= 15 is 0 Å². The van der Waals surface area contributed by atoms with E-state index in [0.717, 1.165) is 22.7 Å². The molecule has 2 aromatic rings. The highest BCUT2D eigenvalue weighted by Crippen LogP contribution is 2.41. The van der Waals surface area contributed by atoms with Crippen LogP contribution in [0.25, 0.3) is 0 Å². The van der Waals surface area contributed by atoms with Gasteiger partial charge in [0.1, 0.15) is 0 Å². The molecule has 0 heterocycles. The maximum Gasteiger partial charge on any atom is 0.252 e. The van der Waals surface area contributed by atoms with Crippen LogP contribution in [0.5, 0.6) is 0 Å². The van der Waals surface area contributed by atoms with Gasteiger partial charge < -0.3 is 5.32 Å². The zero-order valence-corrected chi connectivity index (χ0v) is 18.1. The maximum absolute atomic E-state index is 12.9. The third-order valence-corrected chi connectivity index (χ3v) is 7.32. The minimum Gasteiger partial charge on any atom is -0.345 e. The Bertz CT molecular complexity index is 957. The molecule has 27 heavy (non-hydrogen) atoms. The second-order valence-electron chi connectivity index (χ2n) is 6.77. The van der Waals surface area contributed by atoms with Crippen LogP contribution in [0.2, 0.25) is 5.02 Å². The van der Waals surface area contributed by atoms with E-state index in [4.69, 9.17) is 11.6 Å². The van der Waals surface area contributed by atoms with E-state index in [1.165, 1.54) is 26.2 Å². The van der Waals surface area contributed by atoms with Crippen LogP contribution in [0.4, 0.5) is 0 Å². The molecule has 0 unspecified atom stereocenters. The molecule has 0 saturated heterocycles. The normalized spacial score (nSPS) is 15.6. The fourth-order valence-corrected chi connectivity index (χ4v) is 4.32. The smallest absolute Gasteiger partial charge is 0.252 e. The molecule has 2 aromatic carbocycles. The lowest BCUT2D eigenvalue weighted by Crippen LogP contribution is -2.30. The summed E-state index contributed by atoms with van der Waals surface area (Å²) in [6.45, 7) is 0. The summed E-state index contributed by atoms with van der Waals surface area (Å²) in [6, 6.07) is 11.8. The van der Waals surface area contributed by atoms with Crippen molar-refractivity contribution in [2.75, 3.05) is 14.1 Å². The van der Waals surface area contributed by atoms with Gasteiger partial charge in [-0.3, -0.25) is 4.79 Å². The minimum atomic E-state index is -3.62. The van der Waals surface area contributed by atoms with Gasteiger partial charge in [0.25, 0.3) is 5.91 Å². The summed E-state index contributed by atoms with van der Waals surface area (Å²) in [7, 11) is -0.703. The lowest BCUT2D eigenvalue weighted by atomic mass is 10.0. The first-order chi connectivity index (χ1) is 12.7. The molecule has 3 rings (SSSR count). The van der Waals surface area contributed by atoms with Gasteiger partial charge >= 0.3 is 0 Å². The second-order valence-corrected chi connectivity index (χ2v) is 10.2. The van der Waals surface area contributed by atoms with Gasteiger partial charge in [0.2, 0.25) is 10.0 Å². The van der Waals surface area contributed by atoms with Crippen LogP contribution in [0.3, 0.4) is 0 Å². The van der Waals surface area contributed by atoms with Crippen LogP contribution in [-0.2, 0) is 10.0 Å². The minimum absolute atomic E-state index is 0.0790. The summed E-state index contributed by atoms with van der Waals surface area (Å²) < 4.78 is 26.4. The van der Waals surface area contributed by atoms with Crippen molar-refractivity contribution in [3.05, 3.63) is 63.1 Å². The van der Waals surface area contributed by atoms with E-state index in [0.29, 0.717) is 15.4 Å². The Hall–Kier alpha value is -1.41. The molecule has 8 heteroatoms. The van der Waals surface area contributed by atoms with Gasteiger partial charge in [-0.1, -0.05) is 23.7 Å². The predicted molar refractivity (Wildman–Crippen MR) is 109 cm³/mol. The molecule has 1 atom stereocenters. The van der Waals surface area contributed by atoms with Crippen molar-refractivity contribution >= 4 is 43.5 Å². The van der Waals surface area contributed by atoms with E-state index < -0.39 is 10.0 Å². The Morgan fingerprint density at radius 2 is 1.81 bits per heavy atom. The third-order valence-electron chi connectivity index (χ3n) is 4.57. The van der Waals surface area contributed by atoms with Crippen LogP contribution in [0.15, 0.2) is 51.8 Å². The zero-order chi connectivity index (χ0) is 19.8. The Labute approximate surface area is 172 Å². The fraction of sp³-hybridized carbons (Fsp3) is 0.316.